The third kappa shape index (κ3) is 6.06. The van der Waals surface area contributed by atoms with Crippen LogP contribution >= 0.6 is 0 Å². The van der Waals surface area contributed by atoms with Crippen LogP contribution < -0.4 is 0 Å². The Balaban J connectivity index is 0.00000117. The van der Waals surface area contributed by atoms with E-state index in [1.165, 1.54) is 11.6 Å². The average Bonchev–Trinajstić information content (AvgIpc) is 2.89. The lowest BCUT2D eigenvalue weighted by molar-refractivity contribution is -0.123. The largest absolute Gasteiger partial charge is 0.299 e. The fraction of sp³-hybridized carbons (Fsp3) is 0.435. The molecule has 0 amide bonds. The Morgan fingerprint density at radius 3 is 2.50 bits per heavy atom. The highest BCUT2D eigenvalue weighted by Crippen LogP contribution is 2.26. The van der Waals surface area contributed by atoms with Crippen molar-refractivity contribution >= 4 is 5.78 Å². The lowest BCUT2D eigenvalue weighted by atomic mass is 9.88. The van der Waals surface area contributed by atoms with Gasteiger partial charge < -0.3 is 0 Å². The van der Waals surface area contributed by atoms with Gasteiger partial charge >= 0.3 is 0 Å². The molecule has 2 nitrogen and oxygen atoms in total. The molecule has 26 heavy (non-hydrogen) atoms. The SMILES string of the molecule is CC.O=C(CC1=C(F)C=CC=CC1)C1CCN(Cc2ccccc2)CC1. The number of nitrogens with zero attached hydrogens (tertiary/aromatic N) is 1. The van der Waals surface area contributed by atoms with E-state index < -0.39 is 0 Å². The van der Waals surface area contributed by atoms with Crippen LogP contribution in [0.2, 0.25) is 0 Å². The van der Waals surface area contributed by atoms with Gasteiger partial charge in [-0.25, -0.2) is 4.39 Å². The monoisotopic (exact) mass is 355 g/mol. The van der Waals surface area contributed by atoms with Crippen molar-refractivity contribution in [1.82, 2.24) is 4.90 Å². The quantitative estimate of drug-likeness (QED) is 0.683. The molecule has 3 heteroatoms. The molecule has 1 saturated heterocycles. The first-order valence-corrected chi connectivity index (χ1v) is 9.72. The van der Waals surface area contributed by atoms with Crippen LogP contribution in [0, 0.1) is 5.92 Å². The van der Waals surface area contributed by atoms with E-state index in [-0.39, 0.29) is 23.9 Å². The highest BCUT2D eigenvalue weighted by molar-refractivity contribution is 5.83. The van der Waals surface area contributed by atoms with Crippen molar-refractivity contribution in [2.75, 3.05) is 13.1 Å². The summed E-state index contributed by atoms with van der Waals surface area (Å²) >= 11 is 0. The van der Waals surface area contributed by atoms with Crippen LogP contribution in [0.1, 0.15) is 45.1 Å². The summed E-state index contributed by atoms with van der Waals surface area (Å²) in [5, 5.41) is 0. The van der Waals surface area contributed by atoms with Crippen molar-refractivity contribution in [3.8, 4) is 0 Å². The van der Waals surface area contributed by atoms with Gasteiger partial charge in [-0.05, 0) is 49.6 Å². The molecule has 3 rings (SSSR count). The number of Topliss-reactive ketones (excluding diaryl/α,β-unsaturated/α-hetero) is 1. The van der Waals surface area contributed by atoms with Crippen molar-refractivity contribution < 1.29 is 9.18 Å². The van der Waals surface area contributed by atoms with Gasteiger partial charge in [0.2, 0.25) is 0 Å². The minimum Gasteiger partial charge on any atom is -0.299 e. The second kappa shape index (κ2) is 10.9. The first kappa shape index (κ1) is 20.3. The van der Waals surface area contributed by atoms with Crippen LogP contribution in [0.15, 0.2) is 66.0 Å². The van der Waals surface area contributed by atoms with E-state index in [2.05, 4.69) is 29.2 Å². The van der Waals surface area contributed by atoms with E-state index in [0.717, 1.165) is 32.5 Å². The molecule has 2 aliphatic rings. The molecular weight excluding hydrogens is 325 g/mol. The Morgan fingerprint density at radius 1 is 1.12 bits per heavy atom. The Kier molecular flexibility index (Phi) is 8.49. The molecule has 1 aliphatic heterocycles. The van der Waals surface area contributed by atoms with Gasteiger partial charge in [-0.2, -0.15) is 0 Å². The maximum atomic E-state index is 13.9. The summed E-state index contributed by atoms with van der Waals surface area (Å²) in [6.45, 7) is 6.82. The van der Waals surface area contributed by atoms with Gasteiger partial charge in [0.05, 0.1) is 0 Å². The number of carbonyl (C=O) groups is 1. The van der Waals surface area contributed by atoms with Gasteiger partial charge in [-0.1, -0.05) is 62.4 Å². The maximum Gasteiger partial charge on any atom is 0.140 e. The van der Waals surface area contributed by atoms with E-state index in [9.17, 15) is 9.18 Å². The summed E-state index contributed by atoms with van der Waals surface area (Å²) in [5.74, 6) is 0.0339. The molecule has 0 spiro atoms. The van der Waals surface area contributed by atoms with Crippen LogP contribution in [-0.4, -0.2) is 23.8 Å². The van der Waals surface area contributed by atoms with Crippen molar-refractivity contribution in [2.45, 2.75) is 46.1 Å². The number of likely N-dealkylation sites (tertiary alicyclic amines) is 1. The van der Waals surface area contributed by atoms with Gasteiger partial charge in [0.15, 0.2) is 0 Å². The normalized spacial score (nSPS) is 18.3. The van der Waals surface area contributed by atoms with Gasteiger partial charge in [-0.15, -0.1) is 0 Å². The number of carbonyl (C=O) groups excluding carboxylic acids is 1. The van der Waals surface area contributed by atoms with E-state index >= 15 is 0 Å². The average molecular weight is 355 g/mol. The van der Waals surface area contributed by atoms with Gasteiger partial charge in [0, 0.05) is 18.9 Å². The number of rotatable bonds is 5. The first-order chi connectivity index (χ1) is 12.7. The number of piperidine rings is 1. The minimum absolute atomic E-state index is 0.0773. The number of hydrogen-bond donors (Lipinski definition) is 0. The summed E-state index contributed by atoms with van der Waals surface area (Å²) in [4.78, 5) is 14.9. The number of benzene rings is 1. The molecule has 0 aromatic heterocycles. The Labute approximate surface area is 157 Å². The van der Waals surface area contributed by atoms with Crippen LogP contribution in [-0.2, 0) is 11.3 Å². The maximum absolute atomic E-state index is 13.9. The van der Waals surface area contributed by atoms with Crippen molar-refractivity contribution in [2.24, 2.45) is 5.92 Å². The Hall–Kier alpha value is -2.00. The topological polar surface area (TPSA) is 20.3 Å². The smallest absolute Gasteiger partial charge is 0.140 e. The van der Waals surface area contributed by atoms with E-state index in [0.29, 0.717) is 12.0 Å². The van der Waals surface area contributed by atoms with Crippen molar-refractivity contribution in [1.29, 1.82) is 0 Å². The fourth-order valence-electron chi connectivity index (χ4n) is 3.41. The number of allylic oxidation sites excluding steroid dienone is 6. The second-order valence-corrected chi connectivity index (χ2v) is 6.62. The van der Waals surface area contributed by atoms with Crippen LogP contribution in [0.4, 0.5) is 4.39 Å². The number of halogens is 1. The predicted molar refractivity (Wildman–Crippen MR) is 106 cm³/mol. The van der Waals surface area contributed by atoms with Crippen molar-refractivity contribution in [3.05, 3.63) is 71.6 Å². The number of ketones is 1. The molecule has 0 bridgehead atoms. The first-order valence-electron chi connectivity index (χ1n) is 9.72. The molecule has 0 N–H and O–H groups in total. The molecule has 0 atom stereocenters. The molecule has 0 saturated carbocycles. The zero-order valence-corrected chi connectivity index (χ0v) is 16.0. The zero-order chi connectivity index (χ0) is 18.8. The van der Waals surface area contributed by atoms with E-state index in [1.807, 2.05) is 32.1 Å². The van der Waals surface area contributed by atoms with Crippen molar-refractivity contribution in [3.63, 3.8) is 0 Å². The fourth-order valence-corrected chi connectivity index (χ4v) is 3.41. The third-order valence-electron chi connectivity index (χ3n) is 4.87. The van der Waals surface area contributed by atoms with Gasteiger partial charge in [0.1, 0.15) is 11.6 Å². The molecule has 1 fully saturated rings. The lowest BCUT2D eigenvalue weighted by Crippen LogP contribution is -2.36. The minimum atomic E-state index is -0.241. The molecular formula is C23H30FNO. The van der Waals surface area contributed by atoms with Crippen LogP contribution in [0.5, 0.6) is 0 Å². The van der Waals surface area contributed by atoms with Crippen LogP contribution in [0.3, 0.4) is 0 Å². The third-order valence-corrected chi connectivity index (χ3v) is 4.87. The summed E-state index contributed by atoms with van der Waals surface area (Å²) in [7, 11) is 0. The van der Waals surface area contributed by atoms with Crippen LogP contribution in [0.25, 0.3) is 0 Å². The molecule has 1 aromatic rings. The predicted octanol–water partition coefficient (Wildman–Crippen LogP) is 5.62. The molecule has 0 unspecified atom stereocenters. The number of hydrogen-bond acceptors (Lipinski definition) is 2. The lowest BCUT2D eigenvalue weighted by Gasteiger charge is -2.31. The summed E-state index contributed by atoms with van der Waals surface area (Å²) in [5.41, 5.74) is 1.93. The second-order valence-electron chi connectivity index (χ2n) is 6.62. The molecule has 1 aliphatic carbocycles. The Morgan fingerprint density at radius 2 is 1.81 bits per heavy atom. The van der Waals surface area contributed by atoms with Gasteiger partial charge in [0.25, 0.3) is 0 Å². The molecule has 1 heterocycles. The standard InChI is InChI=1S/C21H24FNO.C2H6/c22-20-10-6-2-5-9-19(20)15-21(24)18-11-13-23(14-12-18)16-17-7-3-1-4-8-17;1-2/h1-8,10,18H,9,11-16H2;1-2H3. The molecule has 0 radical (unpaired) electrons. The molecule has 1 aromatic carbocycles. The zero-order valence-electron chi connectivity index (χ0n) is 16.0. The van der Waals surface area contributed by atoms with E-state index in [1.54, 1.807) is 6.08 Å². The highest BCUT2D eigenvalue weighted by atomic mass is 19.1. The summed E-state index contributed by atoms with van der Waals surface area (Å²) in [6, 6.07) is 10.4. The van der Waals surface area contributed by atoms with Gasteiger partial charge in [-0.3, -0.25) is 9.69 Å². The summed E-state index contributed by atoms with van der Waals surface area (Å²) in [6.07, 6.45) is 9.44. The highest BCUT2D eigenvalue weighted by Gasteiger charge is 2.25. The molecule has 140 valence electrons. The Bertz CT molecular complexity index is 652. The van der Waals surface area contributed by atoms with E-state index in [4.69, 9.17) is 0 Å². The summed E-state index contributed by atoms with van der Waals surface area (Å²) < 4.78 is 13.9.